The summed E-state index contributed by atoms with van der Waals surface area (Å²) < 4.78 is 21.5. The van der Waals surface area contributed by atoms with Gasteiger partial charge in [0.15, 0.2) is 11.5 Å². The monoisotopic (exact) mass is 437 g/mol. The van der Waals surface area contributed by atoms with Crippen LogP contribution in [0.2, 0.25) is 0 Å². The van der Waals surface area contributed by atoms with Crippen LogP contribution in [0, 0.1) is 0 Å². The van der Waals surface area contributed by atoms with E-state index >= 15 is 0 Å². The highest BCUT2D eigenvalue weighted by Gasteiger charge is 2.22. The van der Waals surface area contributed by atoms with Crippen molar-refractivity contribution in [2.45, 2.75) is 26.4 Å². The van der Waals surface area contributed by atoms with Crippen LogP contribution in [0.5, 0.6) is 17.2 Å². The minimum atomic E-state index is -0.138. The number of ether oxygens (including phenoxy) is 3. The normalized spacial score (nSPS) is 10.7. The van der Waals surface area contributed by atoms with Crippen molar-refractivity contribution in [1.82, 2.24) is 15.0 Å². The maximum atomic E-state index is 13.1. The van der Waals surface area contributed by atoms with Crippen molar-refractivity contribution in [1.29, 1.82) is 0 Å². The number of benzene rings is 2. The molecule has 0 fully saturated rings. The van der Waals surface area contributed by atoms with Crippen LogP contribution in [0.1, 0.15) is 30.1 Å². The highest BCUT2D eigenvalue weighted by atomic mass is 16.5. The number of hydrogen-bond acceptors (Lipinski definition) is 7. The molecular weight excluding hydrogens is 410 g/mol. The molecule has 0 radical (unpaired) electrons. The summed E-state index contributed by atoms with van der Waals surface area (Å²) in [5.74, 6) is 2.45. The fraction of sp³-hybridized carbons (Fsp3) is 0.292. The van der Waals surface area contributed by atoms with E-state index in [2.05, 4.69) is 16.7 Å². The van der Waals surface area contributed by atoms with Crippen LogP contribution >= 0.6 is 0 Å². The number of methoxy groups -OCH3 is 2. The molecule has 0 aliphatic carbocycles. The molecule has 1 heterocycles. The summed E-state index contributed by atoms with van der Waals surface area (Å²) in [6.07, 6.45) is 1.67. The maximum absolute atomic E-state index is 13.1. The zero-order valence-electron chi connectivity index (χ0n) is 18.7. The summed E-state index contributed by atoms with van der Waals surface area (Å²) in [4.78, 5) is 19.2. The van der Waals surface area contributed by atoms with Gasteiger partial charge in [-0.2, -0.15) is 4.98 Å². The van der Waals surface area contributed by atoms with Gasteiger partial charge < -0.3 is 23.6 Å². The Morgan fingerprint density at radius 2 is 1.84 bits per heavy atom. The van der Waals surface area contributed by atoms with Gasteiger partial charge in [-0.25, -0.2) is 0 Å². The standard InChI is InChI=1S/C24H27N3O5/c1-6-13-31-19-10-7-17(8-11-19)24(28)27(16(2)3)15-22-25-23(26-32-22)18-9-12-20(29-4)21(14-18)30-5/h6-12,14,16H,1,13,15H2,2-5H3. The molecule has 168 valence electrons. The van der Waals surface area contributed by atoms with Crippen molar-refractivity contribution < 1.29 is 23.5 Å². The van der Waals surface area contributed by atoms with Gasteiger partial charge in [-0.3, -0.25) is 4.79 Å². The fourth-order valence-electron chi connectivity index (χ4n) is 3.06. The van der Waals surface area contributed by atoms with E-state index < -0.39 is 0 Å². The molecule has 8 nitrogen and oxygen atoms in total. The molecule has 0 unspecified atom stereocenters. The van der Waals surface area contributed by atoms with E-state index in [4.69, 9.17) is 18.7 Å². The first-order valence-electron chi connectivity index (χ1n) is 10.2. The predicted octanol–water partition coefficient (Wildman–Crippen LogP) is 4.37. The van der Waals surface area contributed by atoms with Crippen LogP contribution in [0.15, 0.2) is 59.6 Å². The SMILES string of the molecule is C=CCOc1ccc(C(=O)N(Cc2nc(-c3ccc(OC)c(OC)c3)no2)C(C)C)cc1. The number of nitrogens with zero attached hydrogens (tertiary/aromatic N) is 3. The van der Waals surface area contributed by atoms with Crippen molar-refractivity contribution in [3.63, 3.8) is 0 Å². The third kappa shape index (κ3) is 5.26. The first-order valence-corrected chi connectivity index (χ1v) is 10.2. The van der Waals surface area contributed by atoms with Crippen molar-refractivity contribution in [3.05, 3.63) is 66.6 Å². The Morgan fingerprint density at radius 3 is 2.47 bits per heavy atom. The lowest BCUT2D eigenvalue weighted by atomic mass is 10.1. The lowest BCUT2D eigenvalue weighted by molar-refractivity contribution is 0.0667. The third-order valence-electron chi connectivity index (χ3n) is 4.77. The van der Waals surface area contributed by atoms with E-state index in [0.717, 1.165) is 5.56 Å². The van der Waals surface area contributed by atoms with E-state index in [9.17, 15) is 4.79 Å². The number of amides is 1. The van der Waals surface area contributed by atoms with Gasteiger partial charge in [0.1, 0.15) is 18.9 Å². The molecule has 0 saturated heterocycles. The summed E-state index contributed by atoms with van der Waals surface area (Å²) in [6, 6.07) is 12.3. The predicted molar refractivity (Wildman–Crippen MR) is 120 cm³/mol. The Kier molecular flexibility index (Phi) is 7.49. The lowest BCUT2D eigenvalue weighted by Crippen LogP contribution is -2.36. The van der Waals surface area contributed by atoms with Crippen molar-refractivity contribution in [3.8, 4) is 28.6 Å². The molecule has 1 amide bonds. The first kappa shape index (κ1) is 22.9. The summed E-state index contributed by atoms with van der Waals surface area (Å²) in [5, 5.41) is 4.06. The van der Waals surface area contributed by atoms with E-state index in [0.29, 0.717) is 41.1 Å². The number of aromatic nitrogens is 2. The molecule has 1 aromatic heterocycles. The zero-order valence-corrected chi connectivity index (χ0v) is 18.7. The van der Waals surface area contributed by atoms with E-state index in [1.807, 2.05) is 19.9 Å². The summed E-state index contributed by atoms with van der Waals surface area (Å²) in [7, 11) is 3.14. The number of hydrogen-bond donors (Lipinski definition) is 0. The van der Waals surface area contributed by atoms with E-state index in [1.54, 1.807) is 61.6 Å². The molecule has 8 heteroatoms. The molecule has 0 saturated carbocycles. The highest BCUT2D eigenvalue weighted by Crippen LogP contribution is 2.31. The van der Waals surface area contributed by atoms with Gasteiger partial charge >= 0.3 is 0 Å². The van der Waals surface area contributed by atoms with Crippen molar-refractivity contribution in [2.75, 3.05) is 20.8 Å². The Balaban J connectivity index is 1.76. The average molecular weight is 437 g/mol. The zero-order chi connectivity index (χ0) is 23.1. The van der Waals surface area contributed by atoms with Crippen LogP contribution in [0.3, 0.4) is 0 Å². The van der Waals surface area contributed by atoms with Crippen LogP contribution in [-0.2, 0) is 6.54 Å². The molecule has 3 aromatic rings. The molecule has 0 aliphatic heterocycles. The average Bonchev–Trinajstić information content (AvgIpc) is 3.29. The maximum Gasteiger partial charge on any atom is 0.254 e. The fourth-order valence-corrected chi connectivity index (χ4v) is 3.06. The second kappa shape index (κ2) is 10.5. The largest absolute Gasteiger partial charge is 0.493 e. The van der Waals surface area contributed by atoms with E-state index in [1.165, 1.54) is 0 Å². The molecule has 32 heavy (non-hydrogen) atoms. The molecule has 2 aromatic carbocycles. The van der Waals surface area contributed by atoms with Crippen LogP contribution in [0.4, 0.5) is 0 Å². The van der Waals surface area contributed by atoms with Gasteiger partial charge in [-0.05, 0) is 56.3 Å². The minimum absolute atomic E-state index is 0.0735. The second-order valence-electron chi connectivity index (χ2n) is 7.23. The lowest BCUT2D eigenvalue weighted by Gasteiger charge is -2.25. The van der Waals surface area contributed by atoms with E-state index in [-0.39, 0.29) is 18.5 Å². The Morgan fingerprint density at radius 1 is 1.12 bits per heavy atom. The quantitative estimate of drug-likeness (QED) is 0.435. The second-order valence-corrected chi connectivity index (χ2v) is 7.23. The van der Waals surface area contributed by atoms with Crippen LogP contribution in [-0.4, -0.2) is 47.8 Å². The van der Waals surface area contributed by atoms with Crippen molar-refractivity contribution in [2.24, 2.45) is 0 Å². The first-order chi connectivity index (χ1) is 15.5. The molecule has 0 atom stereocenters. The van der Waals surface area contributed by atoms with Gasteiger partial charge in [-0.15, -0.1) is 0 Å². The summed E-state index contributed by atoms with van der Waals surface area (Å²) in [6.45, 7) is 8.09. The summed E-state index contributed by atoms with van der Waals surface area (Å²) in [5.41, 5.74) is 1.26. The molecule has 3 rings (SSSR count). The number of rotatable bonds is 10. The molecule has 0 spiro atoms. The Labute approximate surface area is 187 Å². The number of carbonyl (C=O) groups is 1. The topological polar surface area (TPSA) is 86.9 Å². The van der Waals surface area contributed by atoms with Gasteiger partial charge in [-0.1, -0.05) is 17.8 Å². The smallest absolute Gasteiger partial charge is 0.254 e. The highest BCUT2D eigenvalue weighted by molar-refractivity contribution is 5.94. The summed E-state index contributed by atoms with van der Waals surface area (Å²) >= 11 is 0. The van der Waals surface area contributed by atoms with Gasteiger partial charge in [0.2, 0.25) is 11.7 Å². The van der Waals surface area contributed by atoms with Crippen molar-refractivity contribution >= 4 is 5.91 Å². The van der Waals surface area contributed by atoms with Crippen LogP contribution in [0.25, 0.3) is 11.4 Å². The minimum Gasteiger partial charge on any atom is -0.493 e. The molecular formula is C24H27N3O5. The molecule has 0 N–H and O–H groups in total. The van der Waals surface area contributed by atoms with Crippen LogP contribution < -0.4 is 14.2 Å². The van der Waals surface area contributed by atoms with Gasteiger partial charge in [0, 0.05) is 17.2 Å². The Bertz CT molecular complexity index is 1060. The molecule has 0 aliphatic rings. The van der Waals surface area contributed by atoms with Gasteiger partial charge in [0.25, 0.3) is 5.91 Å². The number of carbonyl (C=O) groups excluding carboxylic acids is 1. The Hall–Kier alpha value is -3.81. The third-order valence-corrected chi connectivity index (χ3v) is 4.77. The molecule has 0 bridgehead atoms. The van der Waals surface area contributed by atoms with Gasteiger partial charge in [0.05, 0.1) is 14.2 Å².